The van der Waals surface area contributed by atoms with Gasteiger partial charge in [-0.05, 0) is 50.9 Å². The molecule has 0 aromatic carbocycles. The minimum Gasteiger partial charge on any atom is -0.328 e. The lowest BCUT2D eigenvalue weighted by Gasteiger charge is -2.43. The topological polar surface area (TPSA) is 29.3 Å². The van der Waals surface area contributed by atoms with Crippen LogP contribution in [0, 0.1) is 5.92 Å². The molecule has 0 amide bonds. The van der Waals surface area contributed by atoms with E-state index in [0.717, 1.165) is 18.0 Å². The molecule has 3 fully saturated rings. The van der Waals surface area contributed by atoms with Crippen LogP contribution in [0.1, 0.15) is 83.5 Å². The molecule has 0 bridgehead atoms. The Morgan fingerprint density at radius 2 is 1.25 bits per heavy atom. The molecule has 2 N–H and O–H groups in total. The van der Waals surface area contributed by atoms with Gasteiger partial charge in [0.05, 0.1) is 0 Å². The summed E-state index contributed by atoms with van der Waals surface area (Å²) in [6.07, 6.45) is 18.6. The maximum Gasteiger partial charge on any atom is 0.00983 e. The second-order valence-electron chi connectivity index (χ2n) is 7.72. The minimum absolute atomic E-state index is 0.500. The van der Waals surface area contributed by atoms with Crippen molar-refractivity contribution in [3.63, 3.8) is 0 Å². The van der Waals surface area contributed by atoms with E-state index in [0.29, 0.717) is 6.04 Å². The first-order valence-corrected chi connectivity index (χ1v) is 9.34. The van der Waals surface area contributed by atoms with Crippen molar-refractivity contribution in [1.29, 1.82) is 0 Å². The lowest BCUT2D eigenvalue weighted by atomic mass is 9.87. The zero-order chi connectivity index (χ0) is 13.8. The van der Waals surface area contributed by atoms with Gasteiger partial charge in [0.2, 0.25) is 0 Å². The second kappa shape index (κ2) is 7.26. The van der Waals surface area contributed by atoms with E-state index >= 15 is 0 Å². The fourth-order valence-corrected chi connectivity index (χ4v) is 5.00. The van der Waals surface area contributed by atoms with Crippen molar-refractivity contribution in [3.8, 4) is 0 Å². The van der Waals surface area contributed by atoms with Crippen LogP contribution in [-0.4, -0.2) is 29.6 Å². The van der Waals surface area contributed by atoms with Crippen LogP contribution in [-0.2, 0) is 0 Å². The molecule has 2 nitrogen and oxygen atoms in total. The molecule has 2 unspecified atom stereocenters. The Bertz CT molecular complexity index is 261. The summed E-state index contributed by atoms with van der Waals surface area (Å²) < 4.78 is 0. The Hall–Kier alpha value is -0.0800. The standard InChI is InChI=1S/C18H34N2/c19-16-12-11-15(13-16)14-20(17-7-3-1-4-8-17)18-9-5-2-6-10-18/h15-18H,1-14,19H2. The number of hydrogen-bond acceptors (Lipinski definition) is 2. The molecule has 2 heteroatoms. The van der Waals surface area contributed by atoms with Gasteiger partial charge in [-0.25, -0.2) is 0 Å². The number of rotatable bonds is 4. The lowest BCUT2D eigenvalue weighted by molar-refractivity contribution is 0.0646. The van der Waals surface area contributed by atoms with E-state index in [1.165, 1.54) is 90.0 Å². The molecule has 3 aliphatic rings. The average Bonchev–Trinajstić information content (AvgIpc) is 2.92. The highest BCUT2D eigenvalue weighted by molar-refractivity contribution is 4.88. The van der Waals surface area contributed by atoms with Crippen LogP contribution in [0.25, 0.3) is 0 Å². The molecule has 20 heavy (non-hydrogen) atoms. The third-order valence-corrected chi connectivity index (χ3v) is 6.14. The first kappa shape index (κ1) is 14.8. The third kappa shape index (κ3) is 3.76. The Morgan fingerprint density at radius 1 is 0.700 bits per heavy atom. The van der Waals surface area contributed by atoms with Crippen LogP contribution in [0.15, 0.2) is 0 Å². The highest BCUT2D eigenvalue weighted by atomic mass is 15.2. The van der Waals surface area contributed by atoms with E-state index in [1.807, 2.05) is 0 Å². The van der Waals surface area contributed by atoms with E-state index in [-0.39, 0.29) is 0 Å². The van der Waals surface area contributed by atoms with Crippen molar-refractivity contribution in [2.45, 2.75) is 102 Å². The first-order valence-electron chi connectivity index (χ1n) is 9.34. The van der Waals surface area contributed by atoms with Crippen molar-refractivity contribution >= 4 is 0 Å². The number of nitrogens with zero attached hydrogens (tertiary/aromatic N) is 1. The van der Waals surface area contributed by atoms with Crippen LogP contribution in [0.4, 0.5) is 0 Å². The quantitative estimate of drug-likeness (QED) is 0.839. The summed E-state index contributed by atoms with van der Waals surface area (Å²) in [7, 11) is 0. The zero-order valence-electron chi connectivity index (χ0n) is 13.2. The van der Waals surface area contributed by atoms with Crippen molar-refractivity contribution < 1.29 is 0 Å². The van der Waals surface area contributed by atoms with Crippen molar-refractivity contribution in [2.75, 3.05) is 6.54 Å². The monoisotopic (exact) mass is 278 g/mol. The normalized spacial score (nSPS) is 33.9. The van der Waals surface area contributed by atoms with Gasteiger partial charge in [-0.1, -0.05) is 38.5 Å². The molecule has 3 aliphatic carbocycles. The van der Waals surface area contributed by atoms with E-state index < -0.39 is 0 Å². The minimum atomic E-state index is 0.500. The van der Waals surface area contributed by atoms with E-state index in [2.05, 4.69) is 4.90 Å². The average molecular weight is 278 g/mol. The molecular weight excluding hydrogens is 244 g/mol. The largest absolute Gasteiger partial charge is 0.328 e. The van der Waals surface area contributed by atoms with Crippen molar-refractivity contribution in [3.05, 3.63) is 0 Å². The van der Waals surface area contributed by atoms with Gasteiger partial charge in [-0.15, -0.1) is 0 Å². The predicted octanol–water partition coefficient (Wildman–Crippen LogP) is 4.08. The molecule has 0 heterocycles. The van der Waals surface area contributed by atoms with E-state index in [4.69, 9.17) is 5.73 Å². The second-order valence-corrected chi connectivity index (χ2v) is 7.72. The molecule has 3 saturated carbocycles. The molecule has 0 aliphatic heterocycles. The third-order valence-electron chi connectivity index (χ3n) is 6.14. The summed E-state index contributed by atoms with van der Waals surface area (Å²) in [5.41, 5.74) is 6.14. The predicted molar refractivity (Wildman–Crippen MR) is 85.8 cm³/mol. The Kier molecular flexibility index (Phi) is 5.39. The molecular formula is C18H34N2. The summed E-state index contributed by atoms with van der Waals surface area (Å²) in [5.74, 6) is 0.897. The lowest BCUT2D eigenvalue weighted by Crippen LogP contribution is -2.47. The summed E-state index contributed by atoms with van der Waals surface area (Å²) in [6, 6.07) is 2.31. The van der Waals surface area contributed by atoms with Crippen LogP contribution in [0.2, 0.25) is 0 Å². The van der Waals surface area contributed by atoms with Gasteiger partial charge >= 0.3 is 0 Å². The smallest absolute Gasteiger partial charge is 0.00983 e. The zero-order valence-corrected chi connectivity index (χ0v) is 13.2. The molecule has 3 rings (SSSR count). The summed E-state index contributed by atoms with van der Waals surface area (Å²) in [6.45, 7) is 1.36. The van der Waals surface area contributed by atoms with Crippen LogP contribution >= 0.6 is 0 Å². The van der Waals surface area contributed by atoms with E-state index in [1.54, 1.807) is 0 Å². The molecule has 116 valence electrons. The van der Waals surface area contributed by atoms with Gasteiger partial charge < -0.3 is 5.73 Å². The van der Waals surface area contributed by atoms with Gasteiger partial charge in [0.15, 0.2) is 0 Å². The fourth-order valence-electron chi connectivity index (χ4n) is 5.00. The van der Waals surface area contributed by atoms with Gasteiger partial charge in [-0.3, -0.25) is 4.90 Å². The molecule has 0 radical (unpaired) electrons. The first-order chi connectivity index (χ1) is 9.83. The summed E-state index contributed by atoms with van der Waals surface area (Å²) in [4.78, 5) is 2.97. The SMILES string of the molecule is NC1CCC(CN(C2CCCCC2)C2CCCCC2)C1. The van der Waals surface area contributed by atoms with Gasteiger partial charge in [0.25, 0.3) is 0 Å². The fraction of sp³-hybridized carbons (Fsp3) is 1.00. The maximum atomic E-state index is 6.14. The van der Waals surface area contributed by atoms with Crippen molar-refractivity contribution in [1.82, 2.24) is 4.90 Å². The van der Waals surface area contributed by atoms with Crippen LogP contribution < -0.4 is 5.73 Å². The molecule has 0 aromatic heterocycles. The van der Waals surface area contributed by atoms with E-state index in [9.17, 15) is 0 Å². The van der Waals surface area contributed by atoms with Crippen LogP contribution in [0.3, 0.4) is 0 Å². The number of nitrogens with two attached hydrogens (primary N) is 1. The Morgan fingerprint density at radius 3 is 1.70 bits per heavy atom. The molecule has 2 atom stereocenters. The molecule has 0 saturated heterocycles. The highest BCUT2D eigenvalue weighted by Gasteiger charge is 2.32. The summed E-state index contributed by atoms with van der Waals surface area (Å²) >= 11 is 0. The van der Waals surface area contributed by atoms with Gasteiger partial charge in [0.1, 0.15) is 0 Å². The molecule has 0 aromatic rings. The Labute approximate surface area is 125 Å². The Balaban J connectivity index is 1.62. The van der Waals surface area contributed by atoms with Crippen molar-refractivity contribution in [2.24, 2.45) is 11.7 Å². The van der Waals surface area contributed by atoms with Gasteiger partial charge in [0, 0.05) is 24.7 Å². The maximum absolute atomic E-state index is 6.14. The number of hydrogen-bond donors (Lipinski definition) is 1. The van der Waals surface area contributed by atoms with Crippen LogP contribution in [0.5, 0.6) is 0 Å². The van der Waals surface area contributed by atoms with Gasteiger partial charge in [-0.2, -0.15) is 0 Å². The molecule has 0 spiro atoms. The summed E-state index contributed by atoms with van der Waals surface area (Å²) in [5, 5.41) is 0. The highest BCUT2D eigenvalue weighted by Crippen LogP contribution is 2.33.